The van der Waals surface area contributed by atoms with Gasteiger partial charge in [0.2, 0.25) is 0 Å². The Kier molecular flexibility index (Phi) is 2.59. The van der Waals surface area contributed by atoms with Crippen molar-refractivity contribution in [2.75, 3.05) is 0 Å². The van der Waals surface area contributed by atoms with E-state index in [2.05, 4.69) is 4.98 Å². The maximum absolute atomic E-state index is 14.3. The Hall–Kier alpha value is -1.81. The van der Waals surface area contributed by atoms with Gasteiger partial charge >= 0.3 is 5.92 Å². The number of nitrogens with zero attached hydrogens (tertiary/aromatic N) is 1. The summed E-state index contributed by atoms with van der Waals surface area (Å²) in [6.07, 6.45) is 0. The summed E-state index contributed by atoms with van der Waals surface area (Å²) >= 11 is 1.04. The van der Waals surface area contributed by atoms with Crippen LogP contribution in [0.25, 0.3) is 10.2 Å². The van der Waals surface area contributed by atoms with E-state index in [9.17, 15) is 8.78 Å². The number of alkyl halides is 2. The van der Waals surface area contributed by atoms with Gasteiger partial charge in [0.15, 0.2) is 5.01 Å². The van der Waals surface area contributed by atoms with E-state index in [4.69, 9.17) is 0 Å². The molecular weight excluding hydrogens is 252 g/mol. The molecule has 3 aromatic rings. The van der Waals surface area contributed by atoms with Crippen LogP contribution >= 0.6 is 11.3 Å². The molecule has 0 aliphatic rings. The molecule has 0 saturated heterocycles. The summed E-state index contributed by atoms with van der Waals surface area (Å²) < 4.78 is 29.3. The fraction of sp³-hybridized carbons (Fsp3) is 0.0714. The molecule has 0 aliphatic heterocycles. The fourth-order valence-electron chi connectivity index (χ4n) is 1.78. The molecule has 0 aliphatic carbocycles. The van der Waals surface area contributed by atoms with Crippen LogP contribution in [-0.4, -0.2) is 4.98 Å². The topological polar surface area (TPSA) is 12.9 Å². The molecule has 3 rings (SSSR count). The number of rotatable bonds is 2. The van der Waals surface area contributed by atoms with Crippen LogP contribution in [0, 0.1) is 0 Å². The standard InChI is InChI=1S/C14H9F2NS/c15-14(16,10-6-2-1-3-7-10)13-17-11-8-4-5-9-12(11)18-13/h1-9H. The minimum atomic E-state index is -3.04. The molecule has 18 heavy (non-hydrogen) atoms. The van der Waals surface area contributed by atoms with E-state index in [-0.39, 0.29) is 10.6 Å². The lowest BCUT2D eigenvalue weighted by Crippen LogP contribution is -2.14. The Morgan fingerprint density at radius 3 is 2.28 bits per heavy atom. The molecule has 1 nitrogen and oxygen atoms in total. The Morgan fingerprint density at radius 1 is 0.889 bits per heavy atom. The van der Waals surface area contributed by atoms with E-state index >= 15 is 0 Å². The third-order valence-corrected chi connectivity index (χ3v) is 3.80. The largest absolute Gasteiger partial charge is 0.324 e. The van der Waals surface area contributed by atoms with Gasteiger partial charge in [-0.15, -0.1) is 11.3 Å². The van der Waals surface area contributed by atoms with E-state index in [1.54, 1.807) is 36.4 Å². The molecule has 0 fully saturated rings. The van der Waals surface area contributed by atoms with E-state index in [1.807, 2.05) is 6.07 Å². The first-order valence-corrected chi connectivity index (χ1v) is 6.29. The third-order valence-electron chi connectivity index (χ3n) is 2.70. The first-order chi connectivity index (χ1) is 8.68. The van der Waals surface area contributed by atoms with Gasteiger partial charge in [0, 0.05) is 5.56 Å². The summed E-state index contributed by atoms with van der Waals surface area (Å²) in [7, 11) is 0. The highest BCUT2D eigenvalue weighted by molar-refractivity contribution is 7.18. The van der Waals surface area contributed by atoms with Crippen molar-refractivity contribution in [3.63, 3.8) is 0 Å². The molecule has 4 heteroatoms. The Labute approximate surface area is 107 Å². The lowest BCUT2D eigenvalue weighted by molar-refractivity contribution is 0.0428. The van der Waals surface area contributed by atoms with E-state index in [0.717, 1.165) is 16.0 Å². The van der Waals surface area contributed by atoms with Gasteiger partial charge in [-0.2, -0.15) is 8.78 Å². The monoisotopic (exact) mass is 261 g/mol. The minimum Gasteiger partial charge on any atom is -0.234 e. The molecule has 0 bridgehead atoms. The summed E-state index contributed by atoms with van der Waals surface area (Å²) in [5.41, 5.74) is 0.595. The first-order valence-electron chi connectivity index (χ1n) is 5.47. The highest BCUT2D eigenvalue weighted by Crippen LogP contribution is 2.39. The molecular formula is C14H9F2NS. The predicted molar refractivity (Wildman–Crippen MR) is 69.1 cm³/mol. The molecule has 1 heterocycles. The molecule has 0 radical (unpaired) electrons. The third kappa shape index (κ3) is 1.78. The number of aromatic nitrogens is 1. The van der Waals surface area contributed by atoms with Crippen molar-refractivity contribution in [2.24, 2.45) is 0 Å². The second-order valence-corrected chi connectivity index (χ2v) is 4.96. The van der Waals surface area contributed by atoms with Crippen LogP contribution in [0.3, 0.4) is 0 Å². The molecule has 0 amide bonds. The van der Waals surface area contributed by atoms with Crippen LogP contribution in [0.15, 0.2) is 54.6 Å². The second kappa shape index (κ2) is 4.14. The number of benzene rings is 2. The first kappa shape index (κ1) is 11.3. The number of para-hydroxylation sites is 1. The quantitative estimate of drug-likeness (QED) is 0.664. The van der Waals surface area contributed by atoms with Crippen molar-refractivity contribution >= 4 is 21.6 Å². The van der Waals surface area contributed by atoms with Crippen LogP contribution in [0.1, 0.15) is 10.6 Å². The van der Waals surface area contributed by atoms with Gasteiger partial charge in [-0.05, 0) is 12.1 Å². The molecule has 90 valence electrons. The van der Waals surface area contributed by atoms with Gasteiger partial charge in [-0.3, -0.25) is 0 Å². The molecule has 2 aromatic carbocycles. The summed E-state index contributed by atoms with van der Waals surface area (Å²) in [5.74, 6) is -3.04. The molecule has 1 aromatic heterocycles. The van der Waals surface area contributed by atoms with E-state index in [1.165, 1.54) is 12.1 Å². The fourth-order valence-corrected chi connectivity index (χ4v) is 2.74. The van der Waals surface area contributed by atoms with Crippen LogP contribution in [0.5, 0.6) is 0 Å². The lowest BCUT2D eigenvalue weighted by Gasteiger charge is -2.13. The molecule has 0 atom stereocenters. The predicted octanol–water partition coefficient (Wildman–Crippen LogP) is 4.44. The van der Waals surface area contributed by atoms with E-state index < -0.39 is 5.92 Å². The normalized spacial score (nSPS) is 11.9. The zero-order chi connectivity index (χ0) is 12.6. The van der Waals surface area contributed by atoms with Gasteiger partial charge in [0.25, 0.3) is 0 Å². The van der Waals surface area contributed by atoms with Crippen molar-refractivity contribution in [1.29, 1.82) is 0 Å². The maximum Gasteiger partial charge on any atom is 0.324 e. The van der Waals surface area contributed by atoms with Gasteiger partial charge in [0.05, 0.1) is 10.2 Å². The van der Waals surface area contributed by atoms with Crippen LogP contribution < -0.4 is 0 Å². The molecule has 0 spiro atoms. The summed E-state index contributed by atoms with van der Waals surface area (Å²) in [4.78, 5) is 4.03. The summed E-state index contributed by atoms with van der Waals surface area (Å²) in [5, 5.41) is -0.157. The number of fused-ring (bicyclic) bond motifs is 1. The zero-order valence-electron chi connectivity index (χ0n) is 9.31. The Morgan fingerprint density at radius 2 is 1.56 bits per heavy atom. The van der Waals surface area contributed by atoms with Crippen LogP contribution in [0.4, 0.5) is 8.78 Å². The van der Waals surface area contributed by atoms with Gasteiger partial charge in [0.1, 0.15) is 0 Å². The number of thiazole rings is 1. The van der Waals surface area contributed by atoms with E-state index in [0.29, 0.717) is 5.52 Å². The number of hydrogen-bond acceptors (Lipinski definition) is 2. The van der Waals surface area contributed by atoms with Crippen molar-refractivity contribution in [3.05, 3.63) is 65.2 Å². The molecule has 0 unspecified atom stereocenters. The molecule has 0 N–H and O–H groups in total. The minimum absolute atomic E-state index is 0.0240. The zero-order valence-corrected chi connectivity index (χ0v) is 10.1. The SMILES string of the molecule is FC(F)(c1ccccc1)c1nc2ccccc2s1. The van der Waals surface area contributed by atoms with Gasteiger partial charge in [-0.1, -0.05) is 42.5 Å². The maximum atomic E-state index is 14.3. The smallest absolute Gasteiger partial charge is 0.234 e. The van der Waals surface area contributed by atoms with Crippen molar-refractivity contribution in [3.8, 4) is 0 Å². The van der Waals surface area contributed by atoms with Crippen molar-refractivity contribution in [2.45, 2.75) is 5.92 Å². The van der Waals surface area contributed by atoms with Crippen LogP contribution in [-0.2, 0) is 5.92 Å². The van der Waals surface area contributed by atoms with Crippen LogP contribution in [0.2, 0.25) is 0 Å². The number of halogens is 2. The highest BCUT2D eigenvalue weighted by Gasteiger charge is 2.37. The lowest BCUT2D eigenvalue weighted by atomic mass is 10.1. The Bertz CT molecular complexity index is 643. The highest BCUT2D eigenvalue weighted by atomic mass is 32.1. The van der Waals surface area contributed by atoms with Crippen molar-refractivity contribution < 1.29 is 8.78 Å². The number of hydrogen-bond donors (Lipinski definition) is 0. The summed E-state index contributed by atoms with van der Waals surface area (Å²) in [6, 6.07) is 15.0. The second-order valence-electron chi connectivity index (χ2n) is 3.93. The average Bonchev–Trinajstić information content (AvgIpc) is 2.84. The van der Waals surface area contributed by atoms with Gasteiger partial charge < -0.3 is 0 Å². The summed E-state index contributed by atoms with van der Waals surface area (Å²) in [6.45, 7) is 0. The Balaban J connectivity index is 2.13. The average molecular weight is 261 g/mol. The molecule has 0 saturated carbocycles. The van der Waals surface area contributed by atoms with Crippen molar-refractivity contribution in [1.82, 2.24) is 4.98 Å². The van der Waals surface area contributed by atoms with Gasteiger partial charge in [-0.25, -0.2) is 4.98 Å².